The molecule has 0 bridgehead atoms. The van der Waals surface area contributed by atoms with Crippen molar-refractivity contribution in [1.29, 1.82) is 0 Å². The van der Waals surface area contributed by atoms with Crippen LogP contribution in [-0.2, 0) is 9.59 Å². The van der Waals surface area contributed by atoms with E-state index in [1.54, 1.807) is 18.3 Å². The highest BCUT2D eigenvalue weighted by Crippen LogP contribution is 2.53. The number of carboxylic acid groups (broad SMARTS) is 2. The second kappa shape index (κ2) is 8.89. The van der Waals surface area contributed by atoms with Gasteiger partial charge in [0.25, 0.3) is 0 Å². The average molecular weight is 444 g/mol. The molecule has 3 aliphatic rings. The van der Waals surface area contributed by atoms with Crippen molar-refractivity contribution in [2.24, 2.45) is 17.3 Å². The maximum atomic E-state index is 12.8. The van der Waals surface area contributed by atoms with Crippen molar-refractivity contribution in [3.8, 4) is 0 Å². The number of aromatic nitrogens is 1. The van der Waals surface area contributed by atoms with Crippen LogP contribution in [0.1, 0.15) is 94.7 Å². The van der Waals surface area contributed by atoms with Crippen molar-refractivity contribution in [3.63, 3.8) is 0 Å². The Labute approximate surface area is 188 Å². The maximum Gasteiger partial charge on any atom is 0.332 e. The van der Waals surface area contributed by atoms with Gasteiger partial charge in [0, 0.05) is 28.4 Å². The van der Waals surface area contributed by atoms with Gasteiger partial charge in [-0.1, -0.05) is 51.5 Å². The van der Waals surface area contributed by atoms with Crippen LogP contribution in [0.25, 0.3) is 5.57 Å². The van der Waals surface area contributed by atoms with Crippen molar-refractivity contribution >= 4 is 28.8 Å². The summed E-state index contributed by atoms with van der Waals surface area (Å²) in [5.41, 5.74) is 1.15. The Morgan fingerprint density at radius 3 is 2.23 bits per heavy atom. The minimum absolute atomic E-state index is 0.0531. The number of aliphatic carboxylic acids is 2. The zero-order chi connectivity index (χ0) is 22.2. The van der Waals surface area contributed by atoms with Crippen LogP contribution in [0.5, 0.6) is 0 Å². The lowest BCUT2D eigenvalue weighted by molar-refractivity contribution is -0.153. The van der Waals surface area contributed by atoms with Gasteiger partial charge in [-0.3, -0.25) is 4.79 Å². The van der Waals surface area contributed by atoms with E-state index in [9.17, 15) is 19.8 Å². The topological polar surface area (TPSA) is 87.5 Å². The summed E-state index contributed by atoms with van der Waals surface area (Å²) in [5.74, 6) is -2.08. The number of thiazole rings is 1. The first kappa shape index (κ1) is 22.3. The Morgan fingerprint density at radius 1 is 1.03 bits per heavy atom. The highest BCUT2D eigenvalue weighted by Gasteiger charge is 2.53. The molecule has 3 aliphatic carbocycles. The molecule has 168 valence electrons. The molecule has 6 heteroatoms. The summed E-state index contributed by atoms with van der Waals surface area (Å²) < 4.78 is 0. The summed E-state index contributed by atoms with van der Waals surface area (Å²) >= 11 is 1.64. The fourth-order valence-electron chi connectivity index (χ4n) is 6.21. The summed E-state index contributed by atoms with van der Waals surface area (Å²) in [7, 11) is 0. The van der Waals surface area contributed by atoms with Crippen LogP contribution in [-0.4, -0.2) is 27.1 Å². The lowest BCUT2D eigenvalue weighted by atomic mass is 9.57. The molecule has 2 atom stereocenters. The molecule has 5 nitrogen and oxygen atoms in total. The molecule has 0 amide bonds. The van der Waals surface area contributed by atoms with E-state index in [0.717, 1.165) is 55.6 Å². The summed E-state index contributed by atoms with van der Waals surface area (Å²) in [5, 5.41) is 23.7. The Kier molecular flexibility index (Phi) is 6.38. The third-order valence-corrected chi connectivity index (χ3v) is 8.98. The largest absolute Gasteiger partial charge is 0.481 e. The standard InChI is InChI=1S/C25H33NO4S/c1-15-19(20-14-31-22(26-20)17-9-5-3-6-10-17)13-25(24(29)30,16(2)21(15)23(27)28)18-11-7-4-8-12-18/h13-14,16-18H,3-12H2,1-2H3,(H,27,28)(H,29,30). The highest BCUT2D eigenvalue weighted by molar-refractivity contribution is 7.09. The van der Waals surface area contributed by atoms with Crippen molar-refractivity contribution in [3.05, 3.63) is 33.3 Å². The summed E-state index contributed by atoms with van der Waals surface area (Å²) in [6, 6.07) is 0. The Morgan fingerprint density at radius 2 is 1.65 bits per heavy atom. The molecule has 31 heavy (non-hydrogen) atoms. The summed E-state index contributed by atoms with van der Waals surface area (Å²) in [6.45, 7) is 3.61. The number of carboxylic acids is 2. The van der Waals surface area contributed by atoms with Gasteiger partial charge in [-0.25, -0.2) is 9.78 Å². The number of carbonyl (C=O) groups is 2. The number of nitrogens with zero attached hydrogens (tertiary/aromatic N) is 1. The van der Waals surface area contributed by atoms with Crippen LogP contribution < -0.4 is 0 Å². The van der Waals surface area contributed by atoms with E-state index in [4.69, 9.17) is 4.98 Å². The van der Waals surface area contributed by atoms with E-state index in [0.29, 0.717) is 17.1 Å². The lowest BCUT2D eigenvalue weighted by Gasteiger charge is -2.44. The Bertz CT molecular complexity index is 918. The van der Waals surface area contributed by atoms with Gasteiger partial charge >= 0.3 is 11.9 Å². The van der Waals surface area contributed by atoms with E-state index in [-0.39, 0.29) is 11.5 Å². The molecule has 0 radical (unpaired) electrons. The number of rotatable bonds is 5. The van der Waals surface area contributed by atoms with Gasteiger partial charge < -0.3 is 10.2 Å². The van der Waals surface area contributed by atoms with Gasteiger partial charge in [0.05, 0.1) is 16.1 Å². The molecule has 2 fully saturated rings. The first-order valence-electron chi connectivity index (χ1n) is 11.7. The number of hydrogen-bond acceptors (Lipinski definition) is 4. The van der Waals surface area contributed by atoms with Crippen LogP contribution in [0.3, 0.4) is 0 Å². The van der Waals surface area contributed by atoms with E-state index >= 15 is 0 Å². The molecule has 2 N–H and O–H groups in total. The molecule has 4 rings (SSSR count). The summed E-state index contributed by atoms with van der Waals surface area (Å²) in [4.78, 5) is 30.0. The molecule has 2 saturated carbocycles. The fraction of sp³-hybridized carbons (Fsp3) is 0.640. The molecule has 0 aromatic carbocycles. The third kappa shape index (κ3) is 3.88. The van der Waals surface area contributed by atoms with Crippen LogP contribution in [0.15, 0.2) is 22.6 Å². The van der Waals surface area contributed by atoms with Gasteiger partial charge in [0.2, 0.25) is 0 Å². The molecule has 1 aromatic heterocycles. The van der Waals surface area contributed by atoms with Crippen molar-refractivity contribution in [2.45, 2.75) is 84.0 Å². The molecule has 1 aromatic rings. The molecule has 0 saturated heterocycles. The van der Waals surface area contributed by atoms with Gasteiger partial charge in [-0.15, -0.1) is 11.3 Å². The zero-order valence-electron chi connectivity index (χ0n) is 18.5. The Hall–Kier alpha value is -1.95. The first-order chi connectivity index (χ1) is 14.9. The van der Waals surface area contributed by atoms with Crippen LogP contribution in [0.4, 0.5) is 0 Å². The normalized spacial score (nSPS) is 28.5. The van der Waals surface area contributed by atoms with E-state index in [1.807, 2.05) is 18.4 Å². The number of hydrogen-bond donors (Lipinski definition) is 2. The van der Waals surface area contributed by atoms with E-state index in [1.165, 1.54) is 19.3 Å². The summed E-state index contributed by atoms with van der Waals surface area (Å²) in [6.07, 6.45) is 12.7. The van der Waals surface area contributed by atoms with Crippen molar-refractivity contribution in [2.75, 3.05) is 0 Å². The second-order valence-corrected chi connectivity index (χ2v) is 10.5. The molecule has 2 unspecified atom stereocenters. The molecule has 1 heterocycles. The lowest BCUT2D eigenvalue weighted by Crippen LogP contribution is -2.47. The van der Waals surface area contributed by atoms with E-state index < -0.39 is 23.3 Å². The van der Waals surface area contributed by atoms with Gasteiger partial charge in [-0.05, 0) is 44.1 Å². The minimum Gasteiger partial charge on any atom is -0.481 e. The van der Waals surface area contributed by atoms with Crippen molar-refractivity contribution < 1.29 is 19.8 Å². The number of allylic oxidation sites excluding steroid dienone is 2. The monoisotopic (exact) mass is 443 g/mol. The van der Waals surface area contributed by atoms with E-state index in [2.05, 4.69) is 0 Å². The predicted molar refractivity (Wildman–Crippen MR) is 122 cm³/mol. The van der Waals surface area contributed by atoms with Crippen LogP contribution in [0, 0.1) is 17.3 Å². The smallest absolute Gasteiger partial charge is 0.332 e. The SMILES string of the molecule is CC1=C(C(=O)O)C(C)C(C(=O)O)(C2CCCCC2)C=C1c1csc(C2CCCCC2)n1. The van der Waals surface area contributed by atoms with Gasteiger partial charge in [0.1, 0.15) is 0 Å². The molecule has 0 spiro atoms. The van der Waals surface area contributed by atoms with Crippen LogP contribution >= 0.6 is 11.3 Å². The molecule has 0 aliphatic heterocycles. The minimum atomic E-state index is -1.20. The van der Waals surface area contributed by atoms with Crippen LogP contribution in [0.2, 0.25) is 0 Å². The highest BCUT2D eigenvalue weighted by atomic mass is 32.1. The molecular weight excluding hydrogens is 410 g/mol. The fourth-order valence-corrected chi connectivity index (χ4v) is 7.21. The average Bonchev–Trinajstić information content (AvgIpc) is 3.25. The first-order valence-corrected chi connectivity index (χ1v) is 12.6. The zero-order valence-corrected chi connectivity index (χ0v) is 19.3. The third-order valence-electron chi connectivity index (χ3n) is 7.97. The van der Waals surface area contributed by atoms with Gasteiger partial charge in [0.15, 0.2) is 0 Å². The quantitative estimate of drug-likeness (QED) is 0.559. The van der Waals surface area contributed by atoms with Crippen molar-refractivity contribution in [1.82, 2.24) is 4.98 Å². The maximum absolute atomic E-state index is 12.8. The second-order valence-electron chi connectivity index (χ2n) is 9.60. The predicted octanol–water partition coefficient (Wildman–Crippen LogP) is 6.28. The van der Waals surface area contributed by atoms with Gasteiger partial charge in [-0.2, -0.15) is 0 Å². The molecular formula is C25H33NO4S. The Balaban J connectivity index is 1.82.